The Bertz CT molecular complexity index is 756. The maximum atomic E-state index is 12.1. The third kappa shape index (κ3) is 3.05. The molecule has 1 aromatic heterocycles. The number of rotatable bonds is 3. The van der Waals surface area contributed by atoms with Gasteiger partial charge in [0.2, 0.25) is 0 Å². The number of hydrogen-bond acceptors (Lipinski definition) is 5. The molecule has 1 N–H and O–H groups in total. The molecule has 0 spiro atoms. The van der Waals surface area contributed by atoms with Gasteiger partial charge < -0.3 is 19.5 Å². The van der Waals surface area contributed by atoms with E-state index in [0.29, 0.717) is 31.4 Å². The molecule has 24 heavy (non-hydrogen) atoms. The molecule has 124 valence electrons. The number of nitrogens with zero attached hydrogens (tertiary/aromatic N) is 1. The summed E-state index contributed by atoms with van der Waals surface area (Å²) < 4.78 is 16.5. The molecule has 6 nitrogen and oxygen atoms in total. The lowest BCUT2D eigenvalue weighted by Crippen LogP contribution is -2.27. The van der Waals surface area contributed by atoms with Crippen molar-refractivity contribution in [1.29, 1.82) is 0 Å². The highest BCUT2D eigenvalue weighted by Crippen LogP contribution is 2.34. The van der Waals surface area contributed by atoms with Gasteiger partial charge in [-0.3, -0.25) is 4.79 Å². The number of aromatic nitrogens is 1. The van der Waals surface area contributed by atoms with Crippen LogP contribution in [0, 0.1) is 0 Å². The van der Waals surface area contributed by atoms with Gasteiger partial charge in [-0.2, -0.15) is 0 Å². The third-order valence-corrected chi connectivity index (χ3v) is 4.06. The number of anilines is 1. The fraction of sp³-hybridized carbons (Fsp3) is 0.333. The first-order valence-corrected chi connectivity index (χ1v) is 8.09. The van der Waals surface area contributed by atoms with Crippen molar-refractivity contribution in [2.24, 2.45) is 0 Å². The summed E-state index contributed by atoms with van der Waals surface area (Å²) >= 11 is 0. The van der Waals surface area contributed by atoms with Crippen LogP contribution >= 0.6 is 0 Å². The number of fused-ring (bicyclic) bond motifs is 1. The second-order valence-corrected chi connectivity index (χ2v) is 5.76. The minimum Gasteiger partial charge on any atom is -0.486 e. The first-order valence-electron chi connectivity index (χ1n) is 8.09. The molecule has 6 heteroatoms. The molecule has 0 bridgehead atoms. The largest absolute Gasteiger partial charge is 0.486 e. The van der Waals surface area contributed by atoms with E-state index in [1.54, 1.807) is 6.07 Å². The minimum absolute atomic E-state index is 0.140. The van der Waals surface area contributed by atoms with Crippen LogP contribution in [0.2, 0.25) is 0 Å². The van der Waals surface area contributed by atoms with Gasteiger partial charge in [-0.1, -0.05) is 6.07 Å². The number of ether oxygens (including phenoxy) is 3. The van der Waals surface area contributed by atoms with Gasteiger partial charge in [0.1, 0.15) is 25.1 Å². The Kier molecular flexibility index (Phi) is 4.04. The van der Waals surface area contributed by atoms with Gasteiger partial charge in [0, 0.05) is 12.2 Å². The van der Waals surface area contributed by atoms with Gasteiger partial charge in [-0.25, -0.2) is 4.98 Å². The van der Waals surface area contributed by atoms with Crippen molar-refractivity contribution in [3.05, 3.63) is 36.4 Å². The Balaban J connectivity index is 1.55. The summed E-state index contributed by atoms with van der Waals surface area (Å²) in [6.07, 6.45) is 1.31. The summed E-state index contributed by atoms with van der Waals surface area (Å²) in [5, 5.41) is 2.83. The van der Waals surface area contributed by atoms with Crippen molar-refractivity contribution in [3.8, 4) is 22.8 Å². The van der Waals surface area contributed by atoms with E-state index in [-0.39, 0.29) is 12.0 Å². The molecule has 0 aliphatic carbocycles. The van der Waals surface area contributed by atoms with Crippen LogP contribution in [0.4, 0.5) is 5.82 Å². The van der Waals surface area contributed by atoms with E-state index in [9.17, 15) is 4.79 Å². The second-order valence-electron chi connectivity index (χ2n) is 5.76. The molecule has 1 aromatic carbocycles. The van der Waals surface area contributed by atoms with E-state index >= 15 is 0 Å². The predicted molar refractivity (Wildman–Crippen MR) is 88.3 cm³/mol. The van der Waals surface area contributed by atoms with Gasteiger partial charge in [-0.15, -0.1) is 0 Å². The van der Waals surface area contributed by atoms with Gasteiger partial charge in [0.15, 0.2) is 11.5 Å². The summed E-state index contributed by atoms with van der Waals surface area (Å²) in [7, 11) is 0. The number of benzene rings is 1. The fourth-order valence-electron chi connectivity index (χ4n) is 2.86. The van der Waals surface area contributed by atoms with E-state index in [4.69, 9.17) is 14.2 Å². The van der Waals surface area contributed by atoms with E-state index in [0.717, 1.165) is 29.8 Å². The molecule has 4 rings (SSSR count). The van der Waals surface area contributed by atoms with Crippen molar-refractivity contribution < 1.29 is 19.0 Å². The first kappa shape index (κ1) is 15.0. The Morgan fingerprint density at radius 1 is 1.08 bits per heavy atom. The predicted octanol–water partition coefficient (Wildman–Crippen LogP) is 2.64. The van der Waals surface area contributed by atoms with Crippen LogP contribution in [0.3, 0.4) is 0 Å². The summed E-state index contributed by atoms with van der Waals surface area (Å²) in [6, 6.07) is 11.2. The van der Waals surface area contributed by atoms with Gasteiger partial charge in [0.25, 0.3) is 5.91 Å². The average Bonchev–Trinajstić information content (AvgIpc) is 3.16. The van der Waals surface area contributed by atoms with Crippen LogP contribution in [0.5, 0.6) is 11.5 Å². The topological polar surface area (TPSA) is 69.7 Å². The van der Waals surface area contributed by atoms with Crippen LogP contribution in [-0.4, -0.2) is 36.8 Å². The van der Waals surface area contributed by atoms with Crippen molar-refractivity contribution in [2.45, 2.75) is 18.9 Å². The molecule has 3 heterocycles. The van der Waals surface area contributed by atoms with Crippen molar-refractivity contribution in [3.63, 3.8) is 0 Å². The van der Waals surface area contributed by atoms with E-state index in [1.165, 1.54) is 0 Å². The first-order chi connectivity index (χ1) is 11.8. The zero-order chi connectivity index (χ0) is 16.4. The van der Waals surface area contributed by atoms with Gasteiger partial charge in [0.05, 0.1) is 5.69 Å². The number of hydrogen-bond donors (Lipinski definition) is 1. The molecule has 2 aliphatic rings. The maximum Gasteiger partial charge on any atom is 0.254 e. The zero-order valence-corrected chi connectivity index (χ0v) is 13.2. The number of amides is 1. The Morgan fingerprint density at radius 2 is 1.96 bits per heavy atom. The SMILES string of the molecule is O=C(Nc1cccc(-c2ccc3c(c2)OCCO3)n1)C1CCCO1. The monoisotopic (exact) mass is 326 g/mol. The van der Waals surface area contributed by atoms with Crippen LogP contribution in [0.25, 0.3) is 11.3 Å². The standard InChI is InChI=1S/C18H18N2O4/c21-18(15-4-2-8-22-15)20-17-5-1-3-13(19-17)12-6-7-14-16(11-12)24-10-9-23-14/h1,3,5-7,11,15H,2,4,8-10H2,(H,19,20,21). The Labute approximate surface area is 139 Å². The molecule has 2 aromatic rings. The minimum atomic E-state index is -0.371. The highest BCUT2D eigenvalue weighted by molar-refractivity contribution is 5.93. The molecule has 1 atom stereocenters. The second kappa shape index (κ2) is 6.49. The quantitative estimate of drug-likeness (QED) is 0.939. The highest BCUT2D eigenvalue weighted by Gasteiger charge is 2.23. The molecule has 1 fully saturated rings. The van der Waals surface area contributed by atoms with Crippen molar-refractivity contribution in [2.75, 3.05) is 25.1 Å². The van der Waals surface area contributed by atoms with Crippen molar-refractivity contribution in [1.82, 2.24) is 4.98 Å². The lowest BCUT2D eigenvalue weighted by molar-refractivity contribution is -0.124. The summed E-state index contributed by atoms with van der Waals surface area (Å²) in [5.41, 5.74) is 1.67. The van der Waals surface area contributed by atoms with Crippen LogP contribution in [0.1, 0.15) is 12.8 Å². The lowest BCUT2D eigenvalue weighted by Gasteiger charge is -2.18. The molecule has 0 radical (unpaired) electrons. The maximum absolute atomic E-state index is 12.1. The highest BCUT2D eigenvalue weighted by atomic mass is 16.6. The third-order valence-electron chi connectivity index (χ3n) is 4.06. The zero-order valence-electron chi connectivity index (χ0n) is 13.2. The van der Waals surface area contributed by atoms with Gasteiger partial charge >= 0.3 is 0 Å². The van der Waals surface area contributed by atoms with Crippen LogP contribution in [0.15, 0.2) is 36.4 Å². The molecule has 1 amide bonds. The average molecular weight is 326 g/mol. The Morgan fingerprint density at radius 3 is 2.79 bits per heavy atom. The molecule has 1 unspecified atom stereocenters. The normalized spacial score (nSPS) is 19.1. The molecule has 0 saturated carbocycles. The van der Waals surface area contributed by atoms with E-state index < -0.39 is 0 Å². The summed E-state index contributed by atoms with van der Waals surface area (Å²) in [4.78, 5) is 16.7. The number of nitrogens with one attached hydrogen (secondary N) is 1. The van der Waals surface area contributed by atoms with E-state index in [1.807, 2.05) is 30.3 Å². The molecular weight excluding hydrogens is 308 g/mol. The lowest BCUT2D eigenvalue weighted by atomic mass is 10.1. The van der Waals surface area contributed by atoms with E-state index in [2.05, 4.69) is 10.3 Å². The van der Waals surface area contributed by atoms with Crippen molar-refractivity contribution >= 4 is 11.7 Å². The molecule has 1 saturated heterocycles. The van der Waals surface area contributed by atoms with Crippen LogP contribution in [-0.2, 0) is 9.53 Å². The molecule has 2 aliphatic heterocycles. The molecular formula is C18H18N2O4. The summed E-state index contributed by atoms with van der Waals surface area (Å²) in [5.74, 6) is 1.84. The summed E-state index contributed by atoms with van der Waals surface area (Å²) in [6.45, 7) is 1.75. The number of carbonyl (C=O) groups is 1. The number of carbonyl (C=O) groups excluding carboxylic acids is 1. The van der Waals surface area contributed by atoms with Gasteiger partial charge in [-0.05, 0) is 43.2 Å². The fourth-order valence-corrected chi connectivity index (χ4v) is 2.86. The Hall–Kier alpha value is -2.60. The smallest absolute Gasteiger partial charge is 0.254 e. The number of pyridine rings is 1. The van der Waals surface area contributed by atoms with Crippen LogP contribution < -0.4 is 14.8 Å².